The first kappa shape index (κ1) is 13.8. The number of epoxide rings is 2. The molecule has 0 bridgehead atoms. The smallest absolute Gasteiger partial charge is 0.323 e. The average Bonchev–Trinajstić information content (AvgIpc) is 3.37. The van der Waals surface area contributed by atoms with Crippen LogP contribution in [0.5, 0.6) is 0 Å². The Balaban J connectivity index is 1.61. The second-order valence-corrected chi connectivity index (χ2v) is 5.75. The molecule has 6 heteroatoms. The van der Waals surface area contributed by atoms with E-state index in [-0.39, 0.29) is 25.4 Å². The van der Waals surface area contributed by atoms with Crippen molar-refractivity contribution < 1.29 is 28.5 Å². The Morgan fingerprint density at radius 3 is 1.75 bits per heavy atom. The Bertz CT molecular complexity index is 349. The van der Waals surface area contributed by atoms with E-state index in [1.807, 2.05) is 0 Å². The van der Waals surface area contributed by atoms with Crippen molar-refractivity contribution in [2.45, 2.75) is 44.3 Å². The zero-order valence-corrected chi connectivity index (χ0v) is 11.5. The fourth-order valence-corrected chi connectivity index (χ4v) is 2.59. The van der Waals surface area contributed by atoms with Crippen molar-refractivity contribution in [2.75, 3.05) is 26.4 Å². The van der Waals surface area contributed by atoms with Gasteiger partial charge in [0.2, 0.25) is 0 Å². The van der Waals surface area contributed by atoms with E-state index in [9.17, 15) is 9.59 Å². The first-order valence-corrected chi connectivity index (χ1v) is 7.28. The molecule has 0 aromatic carbocycles. The average molecular weight is 284 g/mol. The zero-order chi connectivity index (χ0) is 14.0. The van der Waals surface area contributed by atoms with Gasteiger partial charge in [-0.2, -0.15) is 0 Å². The molecule has 0 spiro atoms. The maximum atomic E-state index is 12.3. The second-order valence-electron chi connectivity index (χ2n) is 5.75. The first-order valence-electron chi connectivity index (χ1n) is 7.28. The summed E-state index contributed by atoms with van der Waals surface area (Å²) in [6, 6.07) is 0. The predicted octanol–water partition coefficient (Wildman–Crippen LogP) is 0.821. The molecule has 3 rings (SSSR count). The lowest BCUT2D eigenvalue weighted by Gasteiger charge is -2.32. The van der Waals surface area contributed by atoms with Crippen LogP contribution >= 0.6 is 0 Å². The minimum absolute atomic E-state index is 0.00970. The van der Waals surface area contributed by atoms with Gasteiger partial charge in [0.15, 0.2) is 5.41 Å². The van der Waals surface area contributed by atoms with Crippen molar-refractivity contribution in [2.24, 2.45) is 5.41 Å². The molecule has 20 heavy (non-hydrogen) atoms. The van der Waals surface area contributed by atoms with E-state index in [4.69, 9.17) is 18.9 Å². The molecule has 6 nitrogen and oxygen atoms in total. The van der Waals surface area contributed by atoms with Crippen LogP contribution in [0.2, 0.25) is 0 Å². The quantitative estimate of drug-likeness (QED) is 0.408. The molecule has 2 saturated heterocycles. The van der Waals surface area contributed by atoms with Crippen LogP contribution in [-0.2, 0) is 28.5 Å². The summed E-state index contributed by atoms with van der Waals surface area (Å²) in [6.07, 6.45) is 3.79. The predicted molar refractivity (Wildman–Crippen MR) is 66.9 cm³/mol. The summed E-state index contributed by atoms with van der Waals surface area (Å²) in [7, 11) is 0. The molecule has 2 atom stereocenters. The van der Waals surface area contributed by atoms with E-state index in [1.165, 1.54) is 0 Å². The maximum Gasteiger partial charge on any atom is 0.323 e. The third kappa shape index (κ3) is 3.12. The highest BCUT2D eigenvalue weighted by Crippen LogP contribution is 2.39. The number of carbonyl (C=O) groups is 2. The van der Waals surface area contributed by atoms with Crippen molar-refractivity contribution >= 4 is 11.9 Å². The van der Waals surface area contributed by atoms with Gasteiger partial charge in [0.25, 0.3) is 0 Å². The van der Waals surface area contributed by atoms with Gasteiger partial charge in [-0.15, -0.1) is 0 Å². The third-order valence-electron chi connectivity index (χ3n) is 4.09. The summed E-state index contributed by atoms with van der Waals surface area (Å²) in [4.78, 5) is 24.7. The van der Waals surface area contributed by atoms with E-state index in [1.54, 1.807) is 0 Å². The number of hydrogen-bond donors (Lipinski definition) is 0. The highest BCUT2D eigenvalue weighted by molar-refractivity contribution is 6.00. The van der Waals surface area contributed by atoms with E-state index < -0.39 is 17.4 Å². The zero-order valence-electron chi connectivity index (χ0n) is 11.5. The van der Waals surface area contributed by atoms with Gasteiger partial charge in [-0.1, -0.05) is 19.3 Å². The molecule has 2 heterocycles. The minimum Gasteiger partial charge on any atom is -0.462 e. The number of ether oxygens (including phenoxy) is 4. The summed E-state index contributed by atoms with van der Waals surface area (Å²) < 4.78 is 20.5. The van der Waals surface area contributed by atoms with Crippen LogP contribution in [0.15, 0.2) is 0 Å². The molecule has 0 aromatic heterocycles. The van der Waals surface area contributed by atoms with Crippen LogP contribution < -0.4 is 0 Å². The van der Waals surface area contributed by atoms with Crippen LogP contribution in [-0.4, -0.2) is 50.6 Å². The molecule has 1 aliphatic carbocycles. The van der Waals surface area contributed by atoms with Gasteiger partial charge < -0.3 is 18.9 Å². The van der Waals surface area contributed by atoms with Crippen LogP contribution in [0.1, 0.15) is 32.1 Å². The Hall–Kier alpha value is -1.14. The van der Waals surface area contributed by atoms with Crippen molar-refractivity contribution in [1.29, 1.82) is 0 Å². The summed E-state index contributed by atoms with van der Waals surface area (Å²) in [5.41, 5.74) is -1.11. The molecule has 1 saturated carbocycles. The highest BCUT2D eigenvalue weighted by atomic mass is 16.6. The van der Waals surface area contributed by atoms with Crippen molar-refractivity contribution in [3.8, 4) is 0 Å². The van der Waals surface area contributed by atoms with Crippen molar-refractivity contribution in [3.63, 3.8) is 0 Å². The molecular formula is C14H20O6. The number of hydrogen-bond acceptors (Lipinski definition) is 6. The molecular weight excluding hydrogens is 264 g/mol. The van der Waals surface area contributed by atoms with Gasteiger partial charge in [0, 0.05) is 0 Å². The Morgan fingerprint density at radius 1 is 0.900 bits per heavy atom. The van der Waals surface area contributed by atoms with Gasteiger partial charge in [-0.3, -0.25) is 9.59 Å². The van der Waals surface area contributed by atoms with E-state index in [0.29, 0.717) is 26.1 Å². The highest BCUT2D eigenvalue weighted by Gasteiger charge is 2.50. The molecule has 2 aliphatic heterocycles. The van der Waals surface area contributed by atoms with Crippen LogP contribution in [0, 0.1) is 5.41 Å². The fraction of sp³-hybridized carbons (Fsp3) is 0.857. The molecule has 3 fully saturated rings. The largest absolute Gasteiger partial charge is 0.462 e. The molecule has 0 radical (unpaired) electrons. The minimum atomic E-state index is -1.11. The van der Waals surface area contributed by atoms with Gasteiger partial charge in [-0.05, 0) is 12.8 Å². The van der Waals surface area contributed by atoms with Crippen molar-refractivity contribution in [3.05, 3.63) is 0 Å². The molecule has 0 N–H and O–H groups in total. The standard InChI is InChI=1S/C14H20O6/c15-12(19-8-10-6-17-10)14(4-2-1-3-5-14)13(16)20-9-11-7-18-11/h10-11H,1-9H2. The summed E-state index contributed by atoms with van der Waals surface area (Å²) in [5.74, 6) is -0.899. The van der Waals surface area contributed by atoms with Gasteiger partial charge in [-0.25, -0.2) is 0 Å². The monoisotopic (exact) mass is 284 g/mol. The normalized spacial score (nSPS) is 30.4. The van der Waals surface area contributed by atoms with E-state index in [0.717, 1.165) is 19.3 Å². The Morgan fingerprint density at radius 2 is 1.35 bits per heavy atom. The van der Waals surface area contributed by atoms with Gasteiger partial charge >= 0.3 is 11.9 Å². The lowest BCUT2D eigenvalue weighted by Crippen LogP contribution is -2.44. The van der Waals surface area contributed by atoms with Crippen LogP contribution in [0.3, 0.4) is 0 Å². The maximum absolute atomic E-state index is 12.3. The van der Waals surface area contributed by atoms with Gasteiger partial charge in [0.1, 0.15) is 25.4 Å². The lowest BCUT2D eigenvalue weighted by atomic mass is 9.74. The van der Waals surface area contributed by atoms with Gasteiger partial charge in [0.05, 0.1) is 13.2 Å². The lowest BCUT2D eigenvalue weighted by molar-refractivity contribution is -0.176. The summed E-state index contributed by atoms with van der Waals surface area (Å²) in [5, 5.41) is 0. The SMILES string of the molecule is O=C(OCC1CO1)C1(C(=O)OCC2CO2)CCCCC1. The molecule has 112 valence electrons. The summed E-state index contributed by atoms with van der Waals surface area (Å²) in [6.45, 7) is 1.73. The van der Waals surface area contributed by atoms with Crippen LogP contribution in [0.25, 0.3) is 0 Å². The third-order valence-corrected chi connectivity index (χ3v) is 4.09. The molecule has 3 aliphatic rings. The van der Waals surface area contributed by atoms with E-state index in [2.05, 4.69) is 0 Å². The summed E-state index contributed by atoms with van der Waals surface area (Å²) >= 11 is 0. The topological polar surface area (TPSA) is 77.7 Å². The second kappa shape index (κ2) is 5.69. The fourth-order valence-electron chi connectivity index (χ4n) is 2.59. The Kier molecular flexibility index (Phi) is 3.94. The molecule has 2 unspecified atom stereocenters. The van der Waals surface area contributed by atoms with E-state index >= 15 is 0 Å². The first-order chi connectivity index (χ1) is 9.71. The number of esters is 2. The molecule has 0 amide bonds. The number of rotatable bonds is 6. The Labute approximate surface area is 117 Å². The number of carbonyl (C=O) groups excluding carboxylic acids is 2. The molecule has 0 aromatic rings. The van der Waals surface area contributed by atoms with Crippen LogP contribution in [0.4, 0.5) is 0 Å². The van der Waals surface area contributed by atoms with Crippen molar-refractivity contribution in [1.82, 2.24) is 0 Å².